The monoisotopic (exact) mass is 368 g/mol. The second kappa shape index (κ2) is 7.52. The lowest BCUT2D eigenvalue weighted by molar-refractivity contribution is 0.0527. The Morgan fingerprint density at radius 3 is 3.07 bits per heavy atom. The third-order valence-corrected chi connectivity index (χ3v) is 5.24. The maximum Gasteiger partial charge on any atom is 0.340 e. The standard InChI is InChI=1S/C20H24N4O3/c1-3-17(13-6-8-26-12-13)24-11-14(9-23-24)18-15-5-7-21-19(15)22-10-16(18)20(25)27-4-2/h5,7,9-11,13,17H,3-4,6,8,12H2,1-2H3,(H,21,22). The molecule has 1 aliphatic rings. The molecule has 2 unspecified atom stereocenters. The second-order valence-corrected chi connectivity index (χ2v) is 6.82. The molecule has 0 spiro atoms. The van der Waals surface area contributed by atoms with Crippen molar-refractivity contribution in [1.29, 1.82) is 0 Å². The first-order valence-electron chi connectivity index (χ1n) is 9.48. The van der Waals surface area contributed by atoms with Gasteiger partial charge in [-0.25, -0.2) is 9.78 Å². The summed E-state index contributed by atoms with van der Waals surface area (Å²) in [4.78, 5) is 20.0. The molecule has 4 heterocycles. The molecule has 3 aromatic rings. The van der Waals surface area contributed by atoms with E-state index in [2.05, 4.69) is 22.0 Å². The van der Waals surface area contributed by atoms with E-state index in [1.807, 2.05) is 29.3 Å². The molecule has 0 radical (unpaired) electrons. The zero-order valence-corrected chi connectivity index (χ0v) is 15.6. The molecule has 1 aliphatic heterocycles. The van der Waals surface area contributed by atoms with Gasteiger partial charge in [0.2, 0.25) is 0 Å². The molecule has 27 heavy (non-hydrogen) atoms. The number of carbonyl (C=O) groups is 1. The molecule has 1 N–H and O–H groups in total. The summed E-state index contributed by atoms with van der Waals surface area (Å²) in [5.41, 5.74) is 2.90. The van der Waals surface area contributed by atoms with Crippen LogP contribution in [-0.4, -0.2) is 45.5 Å². The predicted octanol–water partition coefficient (Wildman–Crippen LogP) is 3.59. The van der Waals surface area contributed by atoms with Crippen molar-refractivity contribution in [2.24, 2.45) is 5.92 Å². The summed E-state index contributed by atoms with van der Waals surface area (Å²) in [5.74, 6) is 0.101. The summed E-state index contributed by atoms with van der Waals surface area (Å²) in [6, 6.07) is 2.22. The van der Waals surface area contributed by atoms with Crippen LogP contribution in [0.15, 0.2) is 30.9 Å². The van der Waals surface area contributed by atoms with E-state index in [9.17, 15) is 4.79 Å². The van der Waals surface area contributed by atoms with Gasteiger partial charge in [-0.15, -0.1) is 0 Å². The maximum atomic E-state index is 12.5. The van der Waals surface area contributed by atoms with Gasteiger partial charge >= 0.3 is 5.97 Å². The fraction of sp³-hybridized carbons (Fsp3) is 0.450. The average Bonchev–Trinajstić information content (AvgIpc) is 3.43. The molecule has 1 fully saturated rings. The number of aromatic nitrogens is 4. The minimum atomic E-state index is -0.368. The predicted molar refractivity (Wildman–Crippen MR) is 102 cm³/mol. The van der Waals surface area contributed by atoms with Gasteiger partial charge in [-0.2, -0.15) is 5.10 Å². The summed E-state index contributed by atoms with van der Waals surface area (Å²) < 4.78 is 12.8. The van der Waals surface area contributed by atoms with Crippen molar-refractivity contribution >= 4 is 17.0 Å². The van der Waals surface area contributed by atoms with E-state index in [4.69, 9.17) is 9.47 Å². The number of rotatable bonds is 6. The van der Waals surface area contributed by atoms with Crippen LogP contribution >= 0.6 is 0 Å². The van der Waals surface area contributed by atoms with Gasteiger partial charge in [-0.05, 0) is 25.8 Å². The average molecular weight is 368 g/mol. The van der Waals surface area contributed by atoms with Crippen molar-refractivity contribution in [2.75, 3.05) is 19.8 Å². The number of ether oxygens (including phenoxy) is 2. The first-order chi connectivity index (χ1) is 13.2. The molecule has 3 aromatic heterocycles. The van der Waals surface area contributed by atoms with Crippen LogP contribution in [0.3, 0.4) is 0 Å². The highest BCUT2D eigenvalue weighted by atomic mass is 16.5. The Hall–Kier alpha value is -2.67. The first-order valence-corrected chi connectivity index (χ1v) is 9.48. The van der Waals surface area contributed by atoms with Crippen molar-refractivity contribution in [3.63, 3.8) is 0 Å². The number of hydrogen-bond acceptors (Lipinski definition) is 5. The Balaban J connectivity index is 1.78. The molecule has 7 heteroatoms. The van der Waals surface area contributed by atoms with E-state index in [0.29, 0.717) is 18.1 Å². The van der Waals surface area contributed by atoms with Crippen LogP contribution in [0.4, 0.5) is 0 Å². The molecule has 4 rings (SSSR count). The van der Waals surface area contributed by atoms with Crippen molar-refractivity contribution in [3.8, 4) is 11.1 Å². The van der Waals surface area contributed by atoms with Gasteiger partial charge in [0.1, 0.15) is 5.65 Å². The van der Waals surface area contributed by atoms with Crippen LogP contribution in [0, 0.1) is 5.92 Å². The number of nitrogens with one attached hydrogen (secondary N) is 1. The molecule has 0 saturated carbocycles. The number of pyridine rings is 1. The number of H-pyrrole nitrogens is 1. The Morgan fingerprint density at radius 2 is 2.33 bits per heavy atom. The van der Waals surface area contributed by atoms with Gasteiger partial charge in [0.25, 0.3) is 0 Å². The van der Waals surface area contributed by atoms with Crippen LogP contribution in [-0.2, 0) is 9.47 Å². The Bertz CT molecular complexity index is 940. The lowest BCUT2D eigenvalue weighted by Crippen LogP contribution is -2.19. The minimum Gasteiger partial charge on any atom is -0.462 e. The zero-order valence-electron chi connectivity index (χ0n) is 15.6. The third-order valence-electron chi connectivity index (χ3n) is 5.24. The van der Waals surface area contributed by atoms with Crippen LogP contribution in [0.2, 0.25) is 0 Å². The third kappa shape index (κ3) is 3.23. The van der Waals surface area contributed by atoms with Crippen molar-refractivity contribution in [1.82, 2.24) is 19.7 Å². The van der Waals surface area contributed by atoms with E-state index >= 15 is 0 Å². The van der Waals surface area contributed by atoms with Gasteiger partial charge < -0.3 is 14.5 Å². The molecule has 0 amide bonds. The number of fused-ring (bicyclic) bond motifs is 1. The summed E-state index contributed by atoms with van der Waals surface area (Å²) in [7, 11) is 0. The van der Waals surface area contributed by atoms with Gasteiger partial charge in [0.05, 0.1) is 31.0 Å². The van der Waals surface area contributed by atoms with E-state index in [1.54, 1.807) is 13.1 Å². The highest BCUT2D eigenvalue weighted by molar-refractivity contribution is 6.06. The number of carbonyl (C=O) groups excluding carboxylic acids is 1. The number of hydrogen-bond donors (Lipinski definition) is 1. The van der Waals surface area contributed by atoms with Crippen molar-refractivity contribution in [2.45, 2.75) is 32.7 Å². The van der Waals surface area contributed by atoms with Crippen LogP contribution in [0.25, 0.3) is 22.2 Å². The Kier molecular flexibility index (Phi) is 4.94. The number of esters is 1. The quantitative estimate of drug-likeness (QED) is 0.673. The summed E-state index contributed by atoms with van der Waals surface area (Å²) in [5, 5.41) is 5.51. The van der Waals surface area contributed by atoms with Crippen LogP contribution in [0.5, 0.6) is 0 Å². The molecule has 2 atom stereocenters. The summed E-state index contributed by atoms with van der Waals surface area (Å²) >= 11 is 0. The molecule has 142 valence electrons. The van der Waals surface area contributed by atoms with E-state index in [-0.39, 0.29) is 12.0 Å². The van der Waals surface area contributed by atoms with E-state index < -0.39 is 0 Å². The maximum absolute atomic E-state index is 12.5. The fourth-order valence-electron chi connectivity index (χ4n) is 3.92. The largest absolute Gasteiger partial charge is 0.462 e. The summed E-state index contributed by atoms with van der Waals surface area (Å²) in [6.07, 6.45) is 9.28. The van der Waals surface area contributed by atoms with Gasteiger partial charge in [-0.1, -0.05) is 6.92 Å². The number of nitrogens with zero attached hydrogens (tertiary/aromatic N) is 3. The van der Waals surface area contributed by atoms with Crippen molar-refractivity contribution in [3.05, 3.63) is 36.4 Å². The van der Waals surface area contributed by atoms with Crippen molar-refractivity contribution < 1.29 is 14.3 Å². The van der Waals surface area contributed by atoms with E-state index in [0.717, 1.165) is 48.2 Å². The Labute approximate surface area is 157 Å². The highest BCUT2D eigenvalue weighted by Gasteiger charge is 2.27. The van der Waals surface area contributed by atoms with Crippen LogP contribution < -0.4 is 0 Å². The SMILES string of the molecule is CCOC(=O)c1cnc2[nH]ccc2c1-c1cnn(C(CC)C2CCOC2)c1. The van der Waals surface area contributed by atoms with Gasteiger partial charge in [0, 0.05) is 47.6 Å². The molecule has 1 saturated heterocycles. The van der Waals surface area contributed by atoms with E-state index in [1.165, 1.54) is 0 Å². The highest BCUT2D eigenvalue weighted by Crippen LogP contribution is 2.34. The summed E-state index contributed by atoms with van der Waals surface area (Å²) in [6.45, 7) is 5.89. The molecular formula is C20H24N4O3. The number of aromatic amines is 1. The molecule has 0 bridgehead atoms. The van der Waals surface area contributed by atoms with Gasteiger partial charge in [-0.3, -0.25) is 4.68 Å². The zero-order chi connectivity index (χ0) is 18.8. The molecule has 0 aromatic carbocycles. The minimum absolute atomic E-state index is 0.288. The Morgan fingerprint density at radius 1 is 1.44 bits per heavy atom. The van der Waals surface area contributed by atoms with Gasteiger partial charge in [0.15, 0.2) is 0 Å². The molecular weight excluding hydrogens is 344 g/mol. The lowest BCUT2D eigenvalue weighted by Gasteiger charge is -2.21. The topological polar surface area (TPSA) is 82.0 Å². The van der Waals surface area contributed by atoms with Crippen LogP contribution in [0.1, 0.15) is 43.1 Å². The second-order valence-electron chi connectivity index (χ2n) is 6.82. The molecule has 0 aliphatic carbocycles. The fourth-order valence-corrected chi connectivity index (χ4v) is 3.92. The normalized spacial score (nSPS) is 18.1. The lowest BCUT2D eigenvalue weighted by atomic mass is 9.97. The molecule has 7 nitrogen and oxygen atoms in total. The first kappa shape index (κ1) is 17.7. The smallest absolute Gasteiger partial charge is 0.340 e.